The van der Waals surface area contributed by atoms with E-state index in [-0.39, 0.29) is 18.0 Å². The number of benzene rings is 2. The first-order valence-corrected chi connectivity index (χ1v) is 7.47. The molecule has 1 N–H and O–H groups in total. The van der Waals surface area contributed by atoms with Gasteiger partial charge in [0.15, 0.2) is 0 Å². The van der Waals surface area contributed by atoms with Crippen molar-refractivity contribution in [1.29, 1.82) is 0 Å². The summed E-state index contributed by atoms with van der Waals surface area (Å²) in [5.41, 5.74) is 4.36. The van der Waals surface area contributed by atoms with Gasteiger partial charge in [-0.3, -0.25) is 13.9 Å². The molecule has 118 valence electrons. The molecule has 1 aromatic heterocycles. The lowest BCUT2D eigenvalue weighted by molar-refractivity contribution is -0.115. The van der Waals surface area contributed by atoms with E-state index >= 15 is 0 Å². The Labute approximate surface area is 134 Å². The highest BCUT2D eigenvalue weighted by molar-refractivity contribution is 5.93. The molecular formula is C18H19N3O2. The molecule has 5 nitrogen and oxygen atoms in total. The van der Waals surface area contributed by atoms with Gasteiger partial charge in [0.05, 0.1) is 17.5 Å². The molecule has 2 aromatic carbocycles. The van der Waals surface area contributed by atoms with E-state index in [9.17, 15) is 9.59 Å². The zero-order chi connectivity index (χ0) is 16.6. The molecule has 0 aliphatic carbocycles. The van der Waals surface area contributed by atoms with E-state index in [4.69, 9.17) is 0 Å². The van der Waals surface area contributed by atoms with Crippen LogP contribution in [0.5, 0.6) is 0 Å². The van der Waals surface area contributed by atoms with Crippen molar-refractivity contribution in [3.8, 4) is 0 Å². The number of anilines is 1. The third-order valence-electron chi connectivity index (χ3n) is 4.12. The topological polar surface area (TPSA) is 56.0 Å². The summed E-state index contributed by atoms with van der Waals surface area (Å²) in [6.07, 6.45) is 0.271. The van der Waals surface area contributed by atoms with Crippen molar-refractivity contribution in [3.63, 3.8) is 0 Å². The van der Waals surface area contributed by atoms with Crippen LogP contribution in [0.1, 0.15) is 11.1 Å². The maximum Gasteiger partial charge on any atom is 0.328 e. The highest BCUT2D eigenvalue weighted by Gasteiger charge is 2.10. The number of nitrogens with zero attached hydrogens (tertiary/aromatic N) is 2. The molecule has 1 heterocycles. The molecule has 0 unspecified atom stereocenters. The van der Waals surface area contributed by atoms with Gasteiger partial charge in [-0.1, -0.05) is 24.3 Å². The summed E-state index contributed by atoms with van der Waals surface area (Å²) < 4.78 is 3.20. The van der Waals surface area contributed by atoms with Gasteiger partial charge in [-0.25, -0.2) is 4.79 Å². The average Bonchev–Trinajstić information content (AvgIpc) is 2.74. The fourth-order valence-corrected chi connectivity index (χ4v) is 2.76. The molecule has 0 saturated heterocycles. The molecule has 0 bridgehead atoms. The van der Waals surface area contributed by atoms with Crippen molar-refractivity contribution in [1.82, 2.24) is 9.13 Å². The molecule has 3 rings (SSSR count). The molecule has 0 spiro atoms. The fraction of sp³-hybridized carbons (Fsp3) is 0.222. The molecule has 5 heteroatoms. The van der Waals surface area contributed by atoms with Crippen molar-refractivity contribution < 1.29 is 4.79 Å². The van der Waals surface area contributed by atoms with Crippen molar-refractivity contribution in [2.45, 2.75) is 13.3 Å². The smallest absolute Gasteiger partial charge is 0.326 e. The number of amides is 1. The summed E-state index contributed by atoms with van der Waals surface area (Å²) in [5.74, 6) is -0.0698. The number of hydrogen-bond acceptors (Lipinski definition) is 2. The number of imidazole rings is 1. The Morgan fingerprint density at radius 2 is 1.74 bits per heavy atom. The van der Waals surface area contributed by atoms with Crippen molar-refractivity contribution in [2.24, 2.45) is 14.1 Å². The molecule has 0 aliphatic rings. The van der Waals surface area contributed by atoms with Crippen LogP contribution in [0, 0.1) is 6.92 Å². The molecule has 0 radical (unpaired) electrons. The number of fused-ring (bicyclic) bond motifs is 1. The van der Waals surface area contributed by atoms with E-state index < -0.39 is 0 Å². The molecule has 1 amide bonds. The quantitative estimate of drug-likeness (QED) is 0.807. The van der Waals surface area contributed by atoms with Crippen molar-refractivity contribution in [2.75, 3.05) is 5.32 Å². The molecule has 0 fully saturated rings. The predicted octanol–water partition coefficient (Wildman–Crippen LogP) is 2.37. The fourth-order valence-electron chi connectivity index (χ4n) is 2.76. The first kappa shape index (κ1) is 15.1. The van der Waals surface area contributed by atoms with Gasteiger partial charge in [0.2, 0.25) is 5.91 Å². The minimum absolute atomic E-state index is 0.0680. The number of hydrogen-bond donors (Lipinski definition) is 1. The summed E-state index contributed by atoms with van der Waals surface area (Å²) in [4.78, 5) is 24.2. The monoisotopic (exact) mass is 309 g/mol. The first-order valence-electron chi connectivity index (χ1n) is 7.47. The minimum atomic E-state index is -0.0698. The largest absolute Gasteiger partial charge is 0.328 e. The van der Waals surface area contributed by atoms with Gasteiger partial charge in [0, 0.05) is 19.8 Å². The second-order valence-electron chi connectivity index (χ2n) is 5.76. The summed E-state index contributed by atoms with van der Waals surface area (Å²) in [6, 6.07) is 13.3. The molecule has 0 aliphatic heterocycles. The van der Waals surface area contributed by atoms with Crippen LogP contribution in [-0.4, -0.2) is 15.0 Å². The highest BCUT2D eigenvalue weighted by Crippen LogP contribution is 2.16. The standard InChI is InChI=1S/C18H19N3O2/c1-12-6-4-5-7-14(12)19-17(22)11-13-8-9-15-16(10-13)21(3)18(23)20(15)2/h4-10H,11H2,1-3H3,(H,19,22). The van der Waals surface area contributed by atoms with Crippen LogP contribution in [0.25, 0.3) is 11.0 Å². The van der Waals surface area contributed by atoms with Crippen molar-refractivity contribution >= 4 is 22.6 Å². The lowest BCUT2D eigenvalue weighted by Gasteiger charge is -2.08. The van der Waals surface area contributed by atoms with Crippen LogP contribution in [0.15, 0.2) is 47.3 Å². The average molecular weight is 309 g/mol. The predicted molar refractivity (Wildman–Crippen MR) is 91.7 cm³/mol. The summed E-state index contributed by atoms with van der Waals surface area (Å²) in [7, 11) is 3.48. The number of aryl methyl sites for hydroxylation is 3. The van der Waals surface area contributed by atoms with E-state index in [2.05, 4.69) is 5.32 Å². The Balaban J connectivity index is 1.84. The van der Waals surface area contributed by atoms with E-state index in [1.54, 1.807) is 23.2 Å². The Bertz CT molecular complexity index is 951. The normalized spacial score (nSPS) is 10.9. The molecule has 0 saturated carbocycles. The Hall–Kier alpha value is -2.82. The van der Waals surface area contributed by atoms with Gasteiger partial charge in [0.25, 0.3) is 0 Å². The maximum absolute atomic E-state index is 12.2. The van der Waals surface area contributed by atoms with E-state index in [1.165, 1.54) is 0 Å². The highest BCUT2D eigenvalue weighted by atomic mass is 16.2. The summed E-state index contributed by atoms with van der Waals surface area (Å²) >= 11 is 0. The van der Waals surface area contributed by atoms with Crippen LogP contribution in [0.3, 0.4) is 0 Å². The van der Waals surface area contributed by atoms with Gasteiger partial charge < -0.3 is 5.32 Å². The molecule has 23 heavy (non-hydrogen) atoms. The van der Waals surface area contributed by atoms with Crippen LogP contribution < -0.4 is 11.0 Å². The third-order valence-corrected chi connectivity index (χ3v) is 4.12. The number of para-hydroxylation sites is 1. The van der Waals surface area contributed by atoms with Gasteiger partial charge in [-0.15, -0.1) is 0 Å². The Morgan fingerprint density at radius 1 is 1.04 bits per heavy atom. The number of carbonyl (C=O) groups is 1. The lowest BCUT2D eigenvalue weighted by atomic mass is 10.1. The Kier molecular flexibility index (Phi) is 3.78. The van der Waals surface area contributed by atoms with E-state index in [1.807, 2.05) is 49.4 Å². The minimum Gasteiger partial charge on any atom is -0.326 e. The van der Waals surface area contributed by atoms with Crippen LogP contribution in [0.4, 0.5) is 5.69 Å². The molecule has 0 atom stereocenters. The van der Waals surface area contributed by atoms with Crippen molar-refractivity contribution in [3.05, 3.63) is 64.1 Å². The van der Waals surface area contributed by atoms with E-state index in [0.717, 1.165) is 27.8 Å². The number of nitrogens with one attached hydrogen (secondary N) is 1. The lowest BCUT2D eigenvalue weighted by Crippen LogP contribution is -2.19. The second kappa shape index (κ2) is 5.76. The number of rotatable bonds is 3. The SMILES string of the molecule is Cc1ccccc1NC(=O)Cc1ccc2c(c1)n(C)c(=O)n2C. The zero-order valence-electron chi connectivity index (χ0n) is 13.5. The maximum atomic E-state index is 12.2. The van der Waals surface area contributed by atoms with Crippen LogP contribution >= 0.6 is 0 Å². The number of aromatic nitrogens is 2. The number of carbonyl (C=O) groups excluding carboxylic acids is 1. The Morgan fingerprint density at radius 3 is 2.48 bits per heavy atom. The van der Waals surface area contributed by atoms with Gasteiger partial charge in [-0.05, 0) is 36.2 Å². The van der Waals surface area contributed by atoms with Gasteiger partial charge in [-0.2, -0.15) is 0 Å². The summed E-state index contributed by atoms with van der Waals surface area (Å²) in [6.45, 7) is 1.96. The van der Waals surface area contributed by atoms with Gasteiger partial charge >= 0.3 is 5.69 Å². The van der Waals surface area contributed by atoms with Crippen LogP contribution in [-0.2, 0) is 25.3 Å². The third kappa shape index (κ3) is 2.77. The van der Waals surface area contributed by atoms with Gasteiger partial charge in [0.1, 0.15) is 0 Å². The summed E-state index contributed by atoms with van der Waals surface area (Å²) in [5, 5.41) is 2.93. The molecular weight excluding hydrogens is 290 g/mol. The molecule has 3 aromatic rings. The first-order chi connectivity index (χ1) is 11.0. The second-order valence-corrected chi connectivity index (χ2v) is 5.76. The van der Waals surface area contributed by atoms with Crippen LogP contribution in [0.2, 0.25) is 0 Å². The van der Waals surface area contributed by atoms with E-state index in [0.29, 0.717) is 0 Å². The zero-order valence-corrected chi connectivity index (χ0v) is 13.5.